The highest BCUT2D eigenvalue weighted by Gasteiger charge is 2.42. The first-order valence-electron chi connectivity index (χ1n) is 13.1. The summed E-state index contributed by atoms with van der Waals surface area (Å²) >= 11 is 0. The molecule has 2 unspecified atom stereocenters. The number of nitrogens with zero attached hydrogens (tertiary/aromatic N) is 5. The summed E-state index contributed by atoms with van der Waals surface area (Å²) in [5, 5.41) is 12.4. The number of nitrogens with one attached hydrogen (secondary N) is 2. The molecule has 0 bridgehead atoms. The second-order valence-corrected chi connectivity index (χ2v) is 10.4. The quantitative estimate of drug-likeness (QED) is 0.285. The topological polar surface area (TPSA) is 133 Å². The number of nitrogens with two attached hydrogens (primary N) is 1. The number of benzene rings is 1. The molecular weight excluding hydrogens is 492 g/mol. The minimum atomic E-state index is 0.0897. The van der Waals surface area contributed by atoms with Crippen LogP contribution in [0.4, 0.5) is 11.6 Å². The third-order valence-electron chi connectivity index (χ3n) is 7.27. The molecule has 2 aromatic heterocycles. The number of aromatic nitrogens is 3. The molecule has 0 radical (unpaired) electrons. The van der Waals surface area contributed by atoms with Crippen molar-refractivity contribution >= 4 is 23.3 Å². The molecule has 3 heterocycles. The van der Waals surface area contributed by atoms with E-state index in [1.54, 1.807) is 18.5 Å². The van der Waals surface area contributed by atoms with Gasteiger partial charge in [-0.05, 0) is 75.2 Å². The molecule has 1 aromatic carbocycles. The lowest BCUT2D eigenvalue weighted by Crippen LogP contribution is -2.30. The van der Waals surface area contributed by atoms with Gasteiger partial charge in [-0.1, -0.05) is 6.08 Å². The highest BCUT2D eigenvalue weighted by molar-refractivity contribution is 6.16. The maximum atomic E-state index is 12.6. The standard InChI is InChI=1S/C29H34N8O2/c1-36(2)12-4-6-25(38)37-16-20-13-22(14-21(20)17-37)35-29-26(28(31)33-18-34-29)27(30)19-7-9-23(10-8-19)39-24-5-3-11-32-15-24/h3-11,15,18,20-22,30H,12-14,16-17H2,1-2H3,(H3,31,33,34,35)/b6-4+,30-27?. The SMILES string of the molecule is CN(C)C/C=C/C(=O)N1CC2CC(Nc3ncnc(N)c3C(=N)c3ccc(Oc4cccnc4)cc3)CC2C1. The van der Waals surface area contributed by atoms with Gasteiger partial charge in [-0.15, -0.1) is 0 Å². The maximum absolute atomic E-state index is 12.6. The summed E-state index contributed by atoms with van der Waals surface area (Å²) in [4.78, 5) is 29.2. The number of rotatable bonds is 9. The molecule has 3 aromatic rings. The van der Waals surface area contributed by atoms with Crippen LogP contribution in [0.15, 0.2) is 67.3 Å². The van der Waals surface area contributed by atoms with Crippen LogP contribution in [0.25, 0.3) is 0 Å². The molecule has 2 aliphatic rings. The van der Waals surface area contributed by atoms with Crippen molar-refractivity contribution in [2.45, 2.75) is 18.9 Å². The van der Waals surface area contributed by atoms with Crippen molar-refractivity contribution in [2.24, 2.45) is 11.8 Å². The zero-order chi connectivity index (χ0) is 27.4. The third kappa shape index (κ3) is 6.23. The Bertz CT molecular complexity index is 1330. The molecule has 0 spiro atoms. The van der Waals surface area contributed by atoms with Crippen LogP contribution in [-0.4, -0.2) is 76.1 Å². The average molecular weight is 527 g/mol. The van der Waals surface area contributed by atoms with Gasteiger partial charge < -0.3 is 25.6 Å². The van der Waals surface area contributed by atoms with Crippen LogP contribution < -0.4 is 15.8 Å². The van der Waals surface area contributed by atoms with Crippen LogP contribution in [0.3, 0.4) is 0 Å². The summed E-state index contributed by atoms with van der Waals surface area (Å²) in [6.07, 6.45) is 10.2. The van der Waals surface area contributed by atoms with Crippen LogP contribution in [0.2, 0.25) is 0 Å². The van der Waals surface area contributed by atoms with E-state index < -0.39 is 0 Å². The Labute approximate surface area is 228 Å². The third-order valence-corrected chi connectivity index (χ3v) is 7.27. The molecule has 10 nitrogen and oxygen atoms in total. The van der Waals surface area contributed by atoms with Gasteiger partial charge in [-0.3, -0.25) is 15.2 Å². The molecule has 1 saturated carbocycles. The summed E-state index contributed by atoms with van der Waals surface area (Å²) < 4.78 is 5.82. The van der Waals surface area contributed by atoms with Gasteiger partial charge in [0.05, 0.1) is 17.5 Å². The van der Waals surface area contributed by atoms with E-state index in [2.05, 4.69) is 20.3 Å². The normalized spacial score (nSPS) is 20.4. The fourth-order valence-corrected chi connectivity index (χ4v) is 5.39. The Morgan fingerprint density at radius 2 is 1.90 bits per heavy atom. The van der Waals surface area contributed by atoms with Gasteiger partial charge >= 0.3 is 0 Å². The van der Waals surface area contributed by atoms with Gasteiger partial charge in [-0.25, -0.2) is 9.97 Å². The number of fused-ring (bicyclic) bond motifs is 1. The van der Waals surface area contributed by atoms with E-state index in [0.29, 0.717) is 40.3 Å². The number of pyridine rings is 1. The molecule has 202 valence electrons. The average Bonchev–Trinajstić information content (AvgIpc) is 3.48. The number of amides is 1. The summed E-state index contributed by atoms with van der Waals surface area (Å²) in [5.74, 6) is 3.09. The predicted octanol–water partition coefficient (Wildman–Crippen LogP) is 3.43. The van der Waals surface area contributed by atoms with Gasteiger partial charge in [-0.2, -0.15) is 0 Å². The van der Waals surface area contributed by atoms with Crippen molar-refractivity contribution < 1.29 is 9.53 Å². The molecule has 1 aliphatic heterocycles. The lowest BCUT2D eigenvalue weighted by Gasteiger charge is -2.21. The van der Waals surface area contributed by atoms with Gasteiger partial charge in [0.15, 0.2) is 0 Å². The Morgan fingerprint density at radius 1 is 1.15 bits per heavy atom. The molecule has 1 saturated heterocycles. The Kier molecular flexibility index (Phi) is 7.83. The largest absolute Gasteiger partial charge is 0.456 e. The smallest absolute Gasteiger partial charge is 0.246 e. The Hall–Kier alpha value is -4.31. The number of likely N-dealkylation sites (N-methyl/N-ethyl adjacent to an activating group) is 1. The first-order valence-corrected chi connectivity index (χ1v) is 13.1. The second-order valence-electron chi connectivity index (χ2n) is 10.4. The van der Waals surface area contributed by atoms with Crippen molar-refractivity contribution in [3.63, 3.8) is 0 Å². The molecule has 10 heteroatoms. The van der Waals surface area contributed by atoms with Crippen molar-refractivity contribution in [1.82, 2.24) is 24.8 Å². The zero-order valence-electron chi connectivity index (χ0n) is 22.2. The van der Waals surface area contributed by atoms with E-state index in [-0.39, 0.29) is 23.5 Å². The maximum Gasteiger partial charge on any atom is 0.246 e. The van der Waals surface area contributed by atoms with Gasteiger partial charge in [0.1, 0.15) is 29.5 Å². The van der Waals surface area contributed by atoms with E-state index >= 15 is 0 Å². The lowest BCUT2D eigenvalue weighted by atomic mass is 10.0. The van der Waals surface area contributed by atoms with E-state index in [4.69, 9.17) is 15.9 Å². The number of ether oxygens (including phenoxy) is 1. The van der Waals surface area contributed by atoms with Crippen molar-refractivity contribution in [3.8, 4) is 11.5 Å². The molecular formula is C29H34N8O2. The van der Waals surface area contributed by atoms with Crippen LogP contribution in [0.1, 0.15) is 24.0 Å². The second kappa shape index (κ2) is 11.6. The van der Waals surface area contributed by atoms with Gasteiger partial charge in [0, 0.05) is 43.5 Å². The summed E-state index contributed by atoms with van der Waals surface area (Å²) in [7, 11) is 3.96. The van der Waals surface area contributed by atoms with E-state index in [9.17, 15) is 4.79 Å². The summed E-state index contributed by atoms with van der Waals surface area (Å²) in [5.41, 5.74) is 7.65. The number of anilines is 2. The number of carbonyl (C=O) groups excluding carboxylic acids is 1. The molecule has 4 N–H and O–H groups in total. The van der Waals surface area contributed by atoms with Crippen LogP contribution in [0.5, 0.6) is 11.5 Å². The minimum Gasteiger partial charge on any atom is -0.456 e. The molecule has 2 fully saturated rings. The van der Waals surface area contributed by atoms with Gasteiger partial charge in [0.2, 0.25) is 5.91 Å². The molecule has 39 heavy (non-hydrogen) atoms. The fraction of sp³-hybridized carbons (Fsp3) is 0.345. The highest BCUT2D eigenvalue weighted by atomic mass is 16.5. The molecule has 1 aliphatic carbocycles. The fourth-order valence-electron chi connectivity index (χ4n) is 5.39. The van der Waals surface area contributed by atoms with Gasteiger partial charge in [0.25, 0.3) is 0 Å². The minimum absolute atomic E-state index is 0.0897. The summed E-state index contributed by atoms with van der Waals surface area (Å²) in [6.45, 7) is 2.30. The molecule has 1 amide bonds. The molecule has 2 atom stereocenters. The predicted molar refractivity (Wildman–Crippen MR) is 151 cm³/mol. The number of nitrogen functional groups attached to an aromatic ring is 1. The Balaban J connectivity index is 1.22. The number of carbonyl (C=O) groups is 1. The van der Waals surface area contributed by atoms with Crippen molar-refractivity contribution in [2.75, 3.05) is 44.8 Å². The highest BCUT2D eigenvalue weighted by Crippen LogP contribution is 2.40. The number of likely N-dealkylation sites (tertiary alicyclic amines) is 1. The monoisotopic (exact) mass is 526 g/mol. The molecule has 5 rings (SSSR count). The Morgan fingerprint density at radius 3 is 2.56 bits per heavy atom. The van der Waals surface area contributed by atoms with Crippen LogP contribution in [0, 0.1) is 17.2 Å². The van der Waals surface area contributed by atoms with Crippen LogP contribution in [-0.2, 0) is 4.79 Å². The van der Waals surface area contributed by atoms with E-state index in [1.807, 2.05) is 66.4 Å². The number of hydrogen-bond acceptors (Lipinski definition) is 9. The number of hydrogen-bond donors (Lipinski definition) is 3. The lowest BCUT2D eigenvalue weighted by molar-refractivity contribution is -0.125. The van der Waals surface area contributed by atoms with Crippen LogP contribution >= 0.6 is 0 Å². The first-order chi connectivity index (χ1) is 18.9. The van der Waals surface area contributed by atoms with E-state index in [0.717, 1.165) is 32.5 Å². The van der Waals surface area contributed by atoms with E-state index in [1.165, 1.54) is 6.33 Å². The van der Waals surface area contributed by atoms with Crippen molar-refractivity contribution in [3.05, 3.63) is 78.4 Å². The first kappa shape index (κ1) is 26.3. The zero-order valence-corrected chi connectivity index (χ0v) is 22.2. The van der Waals surface area contributed by atoms with Crippen molar-refractivity contribution in [1.29, 1.82) is 5.41 Å². The summed E-state index contributed by atoms with van der Waals surface area (Å²) in [6, 6.07) is 11.1.